The number of rotatable bonds is 8. The molecule has 1 amide bonds. The molecule has 3 N–H and O–H groups in total. The van der Waals surface area contributed by atoms with Gasteiger partial charge in [-0.05, 0) is 17.7 Å². The number of carboxylic acid groups (broad SMARTS) is 1. The van der Waals surface area contributed by atoms with Crippen molar-refractivity contribution in [1.82, 2.24) is 5.32 Å². The number of benzene rings is 1. The van der Waals surface area contributed by atoms with Crippen LogP contribution in [0.3, 0.4) is 0 Å². The van der Waals surface area contributed by atoms with E-state index in [2.05, 4.69) is 9.47 Å². The third-order valence-electron chi connectivity index (χ3n) is 4.33. The van der Waals surface area contributed by atoms with Crippen molar-refractivity contribution in [3.63, 3.8) is 0 Å². The molecule has 0 saturated carbocycles. The molecule has 0 fully saturated rings. The molecule has 1 rings (SSSR count). The van der Waals surface area contributed by atoms with E-state index in [0.717, 1.165) is 26.4 Å². The summed E-state index contributed by atoms with van der Waals surface area (Å²) >= 11 is 0. The summed E-state index contributed by atoms with van der Waals surface area (Å²) in [6, 6.07) is 1.18. The summed E-state index contributed by atoms with van der Waals surface area (Å²) in [6.45, 7) is 1.17. The monoisotopic (exact) mass is 435 g/mol. The fourth-order valence-corrected chi connectivity index (χ4v) is 2.63. The Morgan fingerprint density at radius 3 is 1.83 bits per heavy atom. The van der Waals surface area contributed by atoms with E-state index < -0.39 is 59.5 Å². The van der Waals surface area contributed by atoms with Gasteiger partial charge in [-0.2, -0.15) is 13.2 Å². The normalized spacial score (nSPS) is 14.4. The number of aliphatic carboxylic acids is 1. The van der Waals surface area contributed by atoms with Crippen molar-refractivity contribution in [3.8, 4) is 0 Å². The molecule has 0 bridgehead atoms. The molecule has 0 aliphatic heterocycles. The molecule has 0 spiro atoms. The van der Waals surface area contributed by atoms with Crippen LogP contribution in [0.15, 0.2) is 24.3 Å². The van der Waals surface area contributed by atoms with Gasteiger partial charge in [0.25, 0.3) is 5.91 Å². The Bertz CT molecular complexity index is 778. The van der Waals surface area contributed by atoms with Crippen LogP contribution in [0.4, 0.5) is 13.2 Å². The van der Waals surface area contributed by atoms with E-state index in [1.165, 1.54) is 6.92 Å². The number of hydrogen-bond acceptors (Lipinski definition) is 7. The van der Waals surface area contributed by atoms with Crippen LogP contribution in [0.25, 0.3) is 0 Å². The molecule has 0 aliphatic carbocycles. The van der Waals surface area contributed by atoms with Crippen LogP contribution in [0, 0.1) is 11.8 Å². The number of aliphatic hydroxyl groups is 1. The van der Waals surface area contributed by atoms with Gasteiger partial charge in [-0.1, -0.05) is 19.1 Å². The lowest BCUT2D eigenvalue weighted by atomic mass is 9.87. The number of aliphatic hydroxyl groups excluding tert-OH is 1. The minimum absolute atomic E-state index is 0.227. The Morgan fingerprint density at radius 1 is 1.00 bits per heavy atom. The van der Waals surface area contributed by atoms with Crippen molar-refractivity contribution >= 4 is 23.8 Å². The highest BCUT2D eigenvalue weighted by molar-refractivity contribution is 5.96. The van der Waals surface area contributed by atoms with Crippen LogP contribution >= 0.6 is 0 Å². The van der Waals surface area contributed by atoms with Gasteiger partial charge >= 0.3 is 24.1 Å². The van der Waals surface area contributed by atoms with Crippen molar-refractivity contribution in [2.75, 3.05) is 14.2 Å². The average molecular weight is 435 g/mol. The third kappa shape index (κ3) is 5.92. The molecule has 9 nitrogen and oxygen atoms in total. The lowest BCUT2D eigenvalue weighted by Crippen LogP contribution is -2.51. The number of carbonyl (C=O) groups excluding carboxylic acids is 3. The van der Waals surface area contributed by atoms with Gasteiger partial charge in [0.15, 0.2) is 12.0 Å². The summed E-state index contributed by atoms with van der Waals surface area (Å²) < 4.78 is 46.8. The minimum Gasteiger partial charge on any atom is -0.480 e. The molecule has 1 aromatic rings. The van der Waals surface area contributed by atoms with E-state index in [0.29, 0.717) is 12.1 Å². The average Bonchev–Trinajstić information content (AvgIpc) is 2.69. The van der Waals surface area contributed by atoms with Crippen LogP contribution in [0.1, 0.15) is 24.2 Å². The number of alkyl halides is 3. The second-order valence-corrected chi connectivity index (χ2v) is 6.23. The quantitative estimate of drug-likeness (QED) is 0.404. The van der Waals surface area contributed by atoms with Crippen LogP contribution in [-0.4, -0.2) is 54.3 Å². The highest BCUT2D eigenvalue weighted by Gasteiger charge is 2.42. The highest BCUT2D eigenvalue weighted by atomic mass is 19.4. The van der Waals surface area contributed by atoms with E-state index in [9.17, 15) is 42.6 Å². The third-order valence-corrected chi connectivity index (χ3v) is 4.33. The molecular weight excluding hydrogens is 415 g/mol. The number of nitrogens with one attached hydrogen (secondary N) is 1. The maximum Gasteiger partial charge on any atom is 0.416 e. The smallest absolute Gasteiger partial charge is 0.416 e. The summed E-state index contributed by atoms with van der Waals surface area (Å²) in [5.74, 6) is -8.14. The molecule has 0 radical (unpaired) electrons. The van der Waals surface area contributed by atoms with Crippen LogP contribution in [0.5, 0.6) is 0 Å². The first-order valence-corrected chi connectivity index (χ1v) is 8.39. The van der Waals surface area contributed by atoms with E-state index >= 15 is 0 Å². The zero-order valence-electron chi connectivity index (χ0n) is 16.1. The molecule has 1 aromatic carbocycles. The van der Waals surface area contributed by atoms with Crippen molar-refractivity contribution in [2.24, 2.45) is 11.8 Å². The van der Waals surface area contributed by atoms with Crippen LogP contribution in [0.2, 0.25) is 0 Å². The topological polar surface area (TPSA) is 139 Å². The van der Waals surface area contributed by atoms with Gasteiger partial charge in [0.05, 0.1) is 19.8 Å². The van der Waals surface area contributed by atoms with E-state index in [1.54, 1.807) is 0 Å². The lowest BCUT2D eigenvalue weighted by molar-refractivity contribution is -0.163. The molecule has 166 valence electrons. The fourth-order valence-electron chi connectivity index (χ4n) is 2.63. The van der Waals surface area contributed by atoms with Crippen LogP contribution < -0.4 is 5.32 Å². The Morgan fingerprint density at radius 2 is 1.47 bits per heavy atom. The first-order valence-electron chi connectivity index (χ1n) is 8.39. The molecule has 30 heavy (non-hydrogen) atoms. The van der Waals surface area contributed by atoms with Crippen molar-refractivity contribution in [2.45, 2.75) is 25.2 Å². The second kappa shape index (κ2) is 10.1. The number of carbonyl (C=O) groups is 4. The zero-order valence-corrected chi connectivity index (χ0v) is 16.1. The summed E-state index contributed by atoms with van der Waals surface area (Å²) in [4.78, 5) is 47.6. The van der Waals surface area contributed by atoms with E-state index in [1.807, 2.05) is 5.32 Å². The molecule has 3 atom stereocenters. The number of halogens is 3. The summed E-state index contributed by atoms with van der Waals surface area (Å²) in [5, 5.41) is 21.4. The SMILES string of the molecule is COC(=O)C(C(=O)OC)[C@H](C)[C@@H](NC(=O)[C@@H](O)c1ccc(C(F)(F)F)cc1)C(=O)O. The number of methoxy groups -OCH3 is 2. The second-order valence-electron chi connectivity index (χ2n) is 6.23. The number of esters is 2. The van der Waals surface area contributed by atoms with Gasteiger partial charge in [-0.3, -0.25) is 14.4 Å². The fraction of sp³-hybridized carbons (Fsp3) is 0.444. The number of carboxylic acids is 1. The first kappa shape index (κ1) is 24.9. The maximum absolute atomic E-state index is 12.6. The Balaban J connectivity index is 3.06. The summed E-state index contributed by atoms with van der Waals surface area (Å²) in [7, 11) is 1.93. The molecule has 0 aromatic heterocycles. The van der Waals surface area contributed by atoms with Gasteiger partial charge in [-0.25, -0.2) is 4.79 Å². The first-order chi connectivity index (χ1) is 13.8. The van der Waals surface area contributed by atoms with Crippen LogP contribution in [-0.2, 0) is 34.8 Å². The van der Waals surface area contributed by atoms with E-state index in [-0.39, 0.29) is 5.56 Å². The number of ether oxygens (including phenoxy) is 2. The predicted molar refractivity (Wildman–Crippen MR) is 92.7 cm³/mol. The standard InChI is InChI=1S/C18H20F3NO8/c1-8(11(16(27)29-2)17(28)30-3)12(15(25)26)22-14(24)13(23)9-4-6-10(7-5-9)18(19,20)21/h4-8,11-13,23H,1-3H3,(H,22,24)(H,25,26)/t8-,12+,13-/m0/s1. The molecule has 0 unspecified atom stereocenters. The maximum atomic E-state index is 12.6. The summed E-state index contributed by atoms with van der Waals surface area (Å²) in [6.07, 6.45) is -6.62. The Hall–Kier alpha value is -3.15. The number of amides is 1. The van der Waals surface area contributed by atoms with Gasteiger partial charge in [0.1, 0.15) is 6.04 Å². The van der Waals surface area contributed by atoms with Crippen molar-refractivity contribution in [3.05, 3.63) is 35.4 Å². The molecule has 0 saturated heterocycles. The summed E-state index contributed by atoms with van der Waals surface area (Å²) in [5.41, 5.74) is -1.23. The number of hydrogen-bond donors (Lipinski definition) is 3. The molecule has 0 heterocycles. The molecule has 12 heteroatoms. The predicted octanol–water partition coefficient (Wildman–Crippen LogP) is 0.907. The van der Waals surface area contributed by atoms with Gasteiger partial charge < -0.3 is 25.0 Å². The van der Waals surface area contributed by atoms with E-state index in [4.69, 9.17) is 0 Å². The van der Waals surface area contributed by atoms with Crippen molar-refractivity contribution in [1.29, 1.82) is 0 Å². The lowest BCUT2D eigenvalue weighted by Gasteiger charge is -2.26. The van der Waals surface area contributed by atoms with Gasteiger partial charge in [0, 0.05) is 5.92 Å². The molecular formula is C18H20F3NO8. The van der Waals surface area contributed by atoms with Crippen molar-refractivity contribution < 1.29 is 52.0 Å². The zero-order chi connectivity index (χ0) is 23.2. The Labute approximate surface area is 168 Å². The van der Waals surface area contributed by atoms with Gasteiger partial charge in [-0.15, -0.1) is 0 Å². The minimum atomic E-state index is -4.62. The highest BCUT2D eigenvalue weighted by Crippen LogP contribution is 2.30. The largest absolute Gasteiger partial charge is 0.480 e. The molecule has 0 aliphatic rings. The van der Waals surface area contributed by atoms with Gasteiger partial charge in [0.2, 0.25) is 0 Å². The Kier molecular flexibility index (Phi) is 8.34.